The molecule has 0 bridgehead atoms. The van der Waals surface area contributed by atoms with E-state index in [-0.39, 0.29) is 10.8 Å². The topological polar surface area (TPSA) is 49.3 Å². The molecule has 0 N–H and O–H groups in total. The quantitative estimate of drug-likeness (QED) is 0.595. The highest BCUT2D eigenvalue weighted by atomic mass is 32.2. The van der Waals surface area contributed by atoms with Crippen molar-refractivity contribution >= 4 is 17.7 Å². The highest BCUT2D eigenvalue weighted by molar-refractivity contribution is 7.99. The molecule has 0 aromatic carbocycles. The summed E-state index contributed by atoms with van der Waals surface area (Å²) in [5.41, 5.74) is 1.18. The average molecular weight is 377 g/mol. The van der Waals surface area contributed by atoms with Gasteiger partial charge in [-0.3, -0.25) is 9.69 Å². The summed E-state index contributed by atoms with van der Waals surface area (Å²) in [6.07, 6.45) is 7.52. The van der Waals surface area contributed by atoms with Crippen molar-refractivity contribution in [3.8, 4) is 0 Å². The summed E-state index contributed by atoms with van der Waals surface area (Å²) in [5, 5.41) is 0.860. The number of piperidine rings is 1. The smallest absolute Gasteiger partial charge is 0.227 e. The van der Waals surface area contributed by atoms with Crippen molar-refractivity contribution in [3.05, 3.63) is 18.0 Å². The van der Waals surface area contributed by atoms with Crippen molar-refractivity contribution in [2.45, 2.75) is 58.7 Å². The molecule has 6 heteroatoms. The molecule has 5 nitrogen and oxygen atoms in total. The zero-order valence-electron chi connectivity index (χ0n) is 16.6. The van der Waals surface area contributed by atoms with Crippen molar-refractivity contribution in [2.24, 2.45) is 10.8 Å². The molecule has 2 saturated heterocycles. The molecule has 2 fully saturated rings. The van der Waals surface area contributed by atoms with Crippen molar-refractivity contribution in [1.29, 1.82) is 0 Å². The van der Waals surface area contributed by atoms with Gasteiger partial charge in [-0.1, -0.05) is 39.5 Å². The second-order valence-corrected chi connectivity index (χ2v) is 10.1. The van der Waals surface area contributed by atoms with E-state index in [0.717, 1.165) is 50.1 Å². The van der Waals surface area contributed by atoms with Gasteiger partial charge in [-0.15, -0.1) is 0 Å². The van der Waals surface area contributed by atoms with Crippen LogP contribution in [0.5, 0.6) is 0 Å². The van der Waals surface area contributed by atoms with Crippen molar-refractivity contribution < 1.29 is 4.79 Å². The Kier molecular flexibility index (Phi) is 5.92. The molecule has 2 aliphatic heterocycles. The minimum absolute atomic E-state index is 0.276. The molecule has 144 valence electrons. The largest absolute Gasteiger partial charge is 0.342 e. The molecule has 26 heavy (non-hydrogen) atoms. The second kappa shape index (κ2) is 7.85. The zero-order valence-corrected chi connectivity index (χ0v) is 17.4. The molecule has 1 aromatic heterocycles. The third-order valence-electron chi connectivity index (χ3n) is 5.47. The average Bonchev–Trinajstić information content (AvgIpc) is 2.98. The number of carbonyl (C=O) groups excluding carboxylic acids is 1. The Balaban J connectivity index is 1.60. The first-order valence-corrected chi connectivity index (χ1v) is 10.8. The minimum Gasteiger partial charge on any atom is -0.342 e. The lowest BCUT2D eigenvalue weighted by molar-refractivity contribution is -0.138. The van der Waals surface area contributed by atoms with E-state index < -0.39 is 0 Å². The zero-order chi connectivity index (χ0) is 18.8. The van der Waals surface area contributed by atoms with E-state index in [1.54, 1.807) is 11.8 Å². The van der Waals surface area contributed by atoms with Gasteiger partial charge in [0.1, 0.15) is 0 Å². The molecule has 0 radical (unpaired) electrons. The lowest BCUT2D eigenvalue weighted by Crippen LogP contribution is -2.46. The van der Waals surface area contributed by atoms with Crippen molar-refractivity contribution in [3.63, 3.8) is 0 Å². The highest BCUT2D eigenvalue weighted by Gasteiger charge is 2.44. The number of carbonyl (C=O) groups is 1. The number of thioether (sulfide) groups is 1. The normalized spacial score (nSPS) is 24.4. The monoisotopic (exact) mass is 376 g/mol. The number of rotatable bonds is 4. The fourth-order valence-electron chi connectivity index (χ4n) is 4.25. The molecule has 1 aromatic rings. The van der Waals surface area contributed by atoms with Crippen LogP contribution in [-0.4, -0.2) is 57.6 Å². The third-order valence-corrected chi connectivity index (χ3v) is 6.23. The van der Waals surface area contributed by atoms with Gasteiger partial charge in [0.25, 0.3) is 0 Å². The van der Waals surface area contributed by atoms with Crippen LogP contribution in [0.15, 0.2) is 17.6 Å². The molecular formula is C20H32N4OS. The summed E-state index contributed by atoms with van der Waals surface area (Å²) in [5.74, 6) is 1.29. The summed E-state index contributed by atoms with van der Waals surface area (Å²) in [4.78, 5) is 26.2. The molecule has 2 aliphatic rings. The molecule has 0 saturated carbocycles. The number of nitrogens with zero attached hydrogens (tertiary/aromatic N) is 4. The number of amides is 1. The number of hydrogen-bond donors (Lipinski definition) is 0. The molecule has 3 rings (SSSR count). The van der Waals surface area contributed by atoms with Crippen LogP contribution in [0.25, 0.3) is 0 Å². The first-order valence-electron chi connectivity index (χ1n) is 9.77. The summed E-state index contributed by atoms with van der Waals surface area (Å²) in [6, 6.07) is 0. The molecule has 1 spiro atoms. The van der Waals surface area contributed by atoms with E-state index in [1.807, 2.05) is 33.2 Å². The summed E-state index contributed by atoms with van der Waals surface area (Å²) in [7, 11) is 0. The van der Waals surface area contributed by atoms with Crippen LogP contribution in [0.2, 0.25) is 0 Å². The lowest BCUT2D eigenvalue weighted by Gasteiger charge is -2.40. The molecule has 0 aliphatic carbocycles. The van der Waals surface area contributed by atoms with Gasteiger partial charge in [0.05, 0.1) is 0 Å². The van der Waals surface area contributed by atoms with Crippen LogP contribution in [0.3, 0.4) is 0 Å². The highest BCUT2D eigenvalue weighted by Crippen LogP contribution is 2.40. The number of hydrogen-bond acceptors (Lipinski definition) is 5. The van der Waals surface area contributed by atoms with Crippen LogP contribution in [0.4, 0.5) is 0 Å². The summed E-state index contributed by atoms with van der Waals surface area (Å²) >= 11 is 1.68. The summed E-state index contributed by atoms with van der Waals surface area (Å²) in [6.45, 7) is 13.1. The second-order valence-electron chi connectivity index (χ2n) is 8.85. The Bertz CT molecular complexity index is 628. The maximum Gasteiger partial charge on any atom is 0.227 e. The lowest BCUT2D eigenvalue weighted by atomic mass is 9.79. The Morgan fingerprint density at radius 3 is 2.58 bits per heavy atom. The van der Waals surface area contributed by atoms with Gasteiger partial charge < -0.3 is 4.90 Å². The van der Waals surface area contributed by atoms with E-state index >= 15 is 0 Å². The van der Waals surface area contributed by atoms with Crippen LogP contribution >= 0.6 is 11.8 Å². The molecule has 3 heterocycles. The van der Waals surface area contributed by atoms with Gasteiger partial charge in [-0.2, -0.15) is 0 Å². The summed E-state index contributed by atoms with van der Waals surface area (Å²) < 4.78 is 0. The van der Waals surface area contributed by atoms with E-state index in [0.29, 0.717) is 5.91 Å². The Morgan fingerprint density at radius 2 is 1.92 bits per heavy atom. The van der Waals surface area contributed by atoms with E-state index in [2.05, 4.69) is 26.7 Å². The molecule has 0 unspecified atom stereocenters. The van der Waals surface area contributed by atoms with Gasteiger partial charge in [0.2, 0.25) is 5.91 Å². The maximum absolute atomic E-state index is 12.6. The first kappa shape index (κ1) is 19.6. The SMILES string of the molecule is CCSc1ncc(CN2CCC[C@@]3(CCN(C(=O)C(C)(C)C)C3)C2)cn1. The van der Waals surface area contributed by atoms with E-state index in [4.69, 9.17) is 0 Å². The van der Waals surface area contributed by atoms with Gasteiger partial charge in [-0.05, 0) is 31.6 Å². The standard InChI is InChI=1S/C20H32N4OS/c1-5-26-18-21-11-16(12-22-18)13-23-9-6-7-20(14-23)8-10-24(15-20)17(25)19(2,3)4/h11-12H,5-10,13-15H2,1-4H3/t20-/m1/s1. The molecule has 1 atom stereocenters. The van der Waals surface area contributed by atoms with E-state index in [1.165, 1.54) is 18.4 Å². The molecular weight excluding hydrogens is 344 g/mol. The minimum atomic E-state index is -0.282. The third kappa shape index (κ3) is 4.58. The van der Waals surface area contributed by atoms with Gasteiger partial charge >= 0.3 is 0 Å². The fraction of sp³-hybridized carbons (Fsp3) is 0.750. The first-order chi connectivity index (χ1) is 12.3. The van der Waals surface area contributed by atoms with Crippen LogP contribution in [0.1, 0.15) is 52.5 Å². The Hall–Kier alpha value is -1.14. The van der Waals surface area contributed by atoms with Crippen LogP contribution < -0.4 is 0 Å². The predicted molar refractivity (Wildman–Crippen MR) is 106 cm³/mol. The van der Waals surface area contributed by atoms with E-state index in [9.17, 15) is 4.79 Å². The van der Waals surface area contributed by atoms with Crippen molar-refractivity contribution in [1.82, 2.24) is 19.8 Å². The van der Waals surface area contributed by atoms with Gasteiger partial charge in [0, 0.05) is 55.0 Å². The predicted octanol–water partition coefficient (Wildman–Crippen LogP) is 3.45. The fourth-order valence-corrected chi connectivity index (χ4v) is 4.76. The van der Waals surface area contributed by atoms with Crippen LogP contribution in [-0.2, 0) is 11.3 Å². The Morgan fingerprint density at radius 1 is 1.19 bits per heavy atom. The van der Waals surface area contributed by atoms with Crippen molar-refractivity contribution in [2.75, 3.05) is 31.9 Å². The molecule has 1 amide bonds. The number of aromatic nitrogens is 2. The Labute approximate surface area is 162 Å². The van der Waals surface area contributed by atoms with Gasteiger partial charge in [-0.25, -0.2) is 9.97 Å². The number of likely N-dealkylation sites (tertiary alicyclic amines) is 2. The maximum atomic E-state index is 12.6. The van der Waals surface area contributed by atoms with Gasteiger partial charge in [0.15, 0.2) is 5.16 Å². The van der Waals surface area contributed by atoms with Crippen LogP contribution in [0, 0.1) is 10.8 Å².